The first-order valence-electron chi connectivity index (χ1n) is 5.10. The fourth-order valence-corrected chi connectivity index (χ4v) is 1.86. The van der Waals surface area contributed by atoms with Gasteiger partial charge in [0.15, 0.2) is 0 Å². The van der Waals surface area contributed by atoms with Crippen LogP contribution in [-0.4, -0.2) is 24.3 Å². The van der Waals surface area contributed by atoms with E-state index in [0.717, 1.165) is 13.0 Å². The molecule has 1 aromatic heterocycles. The molecule has 0 bridgehead atoms. The molecule has 80 valence electrons. The van der Waals surface area contributed by atoms with Crippen LogP contribution in [0.4, 0.5) is 0 Å². The predicted molar refractivity (Wildman–Crippen MR) is 61.7 cm³/mol. The van der Waals surface area contributed by atoms with Crippen LogP contribution in [0.2, 0.25) is 0 Å². The minimum atomic E-state index is -0.225. The van der Waals surface area contributed by atoms with Crippen LogP contribution in [-0.2, 0) is 6.42 Å². The van der Waals surface area contributed by atoms with Crippen molar-refractivity contribution in [2.45, 2.75) is 26.4 Å². The summed E-state index contributed by atoms with van der Waals surface area (Å²) in [4.78, 5) is 0. The summed E-state index contributed by atoms with van der Waals surface area (Å²) in [6, 6.07) is 2.14. The summed E-state index contributed by atoms with van der Waals surface area (Å²) < 4.78 is 0. The fraction of sp³-hybridized carbons (Fsp3) is 0.636. The Morgan fingerprint density at radius 3 is 2.86 bits per heavy atom. The van der Waals surface area contributed by atoms with Gasteiger partial charge in [0, 0.05) is 6.54 Å². The lowest BCUT2D eigenvalue weighted by molar-refractivity contribution is 0.124. The van der Waals surface area contributed by atoms with Crippen LogP contribution < -0.4 is 5.32 Å². The summed E-state index contributed by atoms with van der Waals surface area (Å²) >= 11 is 1.73. The zero-order valence-corrected chi connectivity index (χ0v) is 9.68. The second-order valence-electron chi connectivity index (χ2n) is 3.90. The molecule has 0 fully saturated rings. The second kappa shape index (κ2) is 6.17. The number of rotatable bonds is 6. The van der Waals surface area contributed by atoms with Crippen molar-refractivity contribution < 1.29 is 5.11 Å². The molecule has 2 nitrogen and oxygen atoms in total. The summed E-state index contributed by atoms with van der Waals surface area (Å²) in [7, 11) is 0. The molecule has 0 saturated heterocycles. The highest BCUT2D eigenvalue weighted by molar-refractivity contribution is 7.07. The third-order valence-corrected chi connectivity index (χ3v) is 3.03. The smallest absolute Gasteiger partial charge is 0.0687 e. The lowest BCUT2D eigenvalue weighted by Gasteiger charge is -2.14. The van der Waals surface area contributed by atoms with E-state index in [1.165, 1.54) is 5.56 Å². The average Bonchev–Trinajstić information content (AvgIpc) is 2.64. The summed E-state index contributed by atoms with van der Waals surface area (Å²) in [6.07, 6.45) is 0.825. The number of hydrogen-bond acceptors (Lipinski definition) is 3. The SMILES string of the molecule is CC(C)C(O)CNCCc1ccsc1. The van der Waals surface area contributed by atoms with Gasteiger partial charge in [-0.2, -0.15) is 11.3 Å². The van der Waals surface area contributed by atoms with Crippen molar-refractivity contribution >= 4 is 11.3 Å². The van der Waals surface area contributed by atoms with Crippen molar-refractivity contribution in [3.05, 3.63) is 22.4 Å². The average molecular weight is 213 g/mol. The second-order valence-corrected chi connectivity index (χ2v) is 4.68. The lowest BCUT2D eigenvalue weighted by Crippen LogP contribution is -2.31. The molecule has 0 aromatic carbocycles. The van der Waals surface area contributed by atoms with Gasteiger partial charge in [0.2, 0.25) is 0 Å². The lowest BCUT2D eigenvalue weighted by atomic mass is 10.1. The van der Waals surface area contributed by atoms with Crippen molar-refractivity contribution in [1.29, 1.82) is 0 Å². The van der Waals surface area contributed by atoms with Crippen LogP contribution in [0, 0.1) is 5.92 Å². The Morgan fingerprint density at radius 2 is 2.29 bits per heavy atom. The van der Waals surface area contributed by atoms with Crippen molar-refractivity contribution in [3.63, 3.8) is 0 Å². The highest BCUT2D eigenvalue weighted by atomic mass is 32.1. The molecule has 0 radical (unpaired) electrons. The molecule has 1 unspecified atom stereocenters. The quantitative estimate of drug-likeness (QED) is 0.707. The topological polar surface area (TPSA) is 32.3 Å². The first-order valence-corrected chi connectivity index (χ1v) is 6.04. The van der Waals surface area contributed by atoms with Crippen molar-refractivity contribution in [2.24, 2.45) is 5.92 Å². The molecule has 1 rings (SSSR count). The third-order valence-electron chi connectivity index (χ3n) is 2.29. The van der Waals surface area contributed by atoms with Crippen molar-refractivity contribution in [1.82, 2.24) is 5.32 Å². The van der Waals surface area contributed by atoms with E-state index in [4.69, 9.17) is 0 Å². The minimum Gasteiger partial charge on any atom is -0.392 e. The van der Waals surface area contributed by atoms with Crippen molar-refractivity contribution in [2.75, 3.05) is 13.1 Å². The molecule has 1 atom stereocenters. The van der Waals surface area contributed by atoms with Crippen LogP contribution in [0.1, 0.15) is 19.4 Å². The summed E-state index contributed by atoms with van der Waals surface area (Å²) in [5.74, 6) is 0.337. The monoisotopic (exact) mass is 213 g/mol. The molecule has 2 N–H and O–H groups in total. The van der Waals surface area contributed by atoms with Gasteiger partial charge >= 0.3 is 0 Å². The number of aliphatic hydroxyl groups excluding tert-OH is 1. The Balaban J connectivity index is 2.05. The number of thiophene rings is 1. The van der Waals surface area contributed by atoms with E-state index in [1.807, 2.05) is 13.8 Å². The van der Waals surface area contributed by atoms with Crippen LogP contribution in [0.25, 0.3) is 0 Å². The molecule has 0 saturated carbocycles. The Bertz CT molecular complexity index is 233. The summed E-state index contributed by atoms with van der Waals surface area (Å²) in [5.41, 5.74) is 1.38. The molecular weight excluding hydrogens is 194 g/mol. The molecule has 3 heteroatoms. The van der Waals surface area contributed by atoms with Gasteiger partial charge in [-0.3, -0.25) is 0 Å². The minimum absolute atomic E-state index is 0.225. The van der Waals surface area contributed by atoms with E-state index >= 15 is 0 Å². The molecule has 1 aromatic rings. The highest BCUT2D eigenvalue weighted by Crippen LogP contribution is 2.05. The van der Waals surface area contributed by atoms with Gasteiger partial charge in [-0.15, -0.1) is 0 Å². The maximum absolute atomic E-state index is 9.52. The van der Waals surface area contributed by atoms with E-state index in [1.54, 1.807) is 11.3 Å². The largest absolute Gasteiger partial charge is 0.392 e. The van der Waals surface area contributed by atoms with Gasteiger partial charge in [0.25, 0.3) is 0 Å². The van der Waals surface area contributed by atoms with Crippen LogP contribution in [0.5, 0.6) is 0 Å². The normalized spacial score (nSPS) is 13.4. The van der Waals surface area contributed by atoms with Gasteiger partial charge in [0.1, 0.15) is 0 Å². The first-order chi connectivity index (χ1) is 6.70. The maximum Gasteiger partial charge on any atom is 0.0687 e. The van der Waals surface area contributed by atoms with Crippen molar-refractivity contribution in [3.8, 4) is 0 Å². The van der Waals surface area contributed by atoms with Crippen LogP contribution >= 0.6 is 11.3 Å². The van der Waals surface area contributed by atoms with E-state index in [2.05, 4.69) is 22.1 Å². The number of aliphatic hydroxyl groups is 1. The maximum atomic E-state index is 9.52. The van der Waals surface area contributed by atoms with Crippen LogP contribution in [0.3, 0.4) is 0 Å². The summed E-state index contributed by atoms with van der Waals surface area (Å²) in [6.45, 7) is 5.71. The highest BCUT2D eigenvalue weighted by Gasteiger charge is 2.07. The van der Waals surface area contributed by atoms with Gasteiger partial charge < -0.3 is 10.4 Å². The molecular formula is C11H19NOS. The van der Waals surface area contributed by atoms with E-state index in [0.29, 0.717) is 12.5 Å². The van der Waals surface area contributed by atoms with E-state index in [9.17, 15) is 5.11 Å². The van der Waals surface area contributed by atoms with E-state index in [-0.39, 0.29) is 6.10 Å². The van der Waals surface area contributed by atoms with Gasteiger partial charge in [-0.05, 0) is 41.3 Å². The Hall–Kier alpha value is -0.380. The van der Waals surface area contributed by atoms with Gasteiger partial charge in [-0.1, -0.05) is 13.8 Å². The molecule has 1 heterocycles. The zero-order chi connectivity index (χ0) is 10.4. The predicted octanol–water partition coefficient (Wildman–Crippen LogP) is 1.90. The number of hydrogen-bond donors (Lipinski definition) is 2. The molecule has 0 spiro atoms. The Morgan fingerprint density at radius 1 is 1.50 bits per heavy atom. The fourth-order valence-electron chi connectivity index (χ4n) is 1.15. The third kappa shape index (κ3) is 4.22. The first kappa shape index (κ1) is 11.7. The number of nitrogens with one attached hydrogen (secondary N) is 1. The van der Waals surface area contributed by atoms with Gasteiger partial charge in [-0.25, -0.2) is 0 Å². The Labute approximate surface area is 90.0 Å². The van der Waals surface area contributed by atoms with Gasteiger partial charge in [0.05, 0.1) is 6.10 Å². The standard InChI is InChI=1S/C11H19NOS/c1-9(2)11(13)7-12-5-3-10-4-6-14-8-10/h4,6,8-9,11-13H,3,5,7H2,1-2H3. The van der Waals surface area contributed by atoms with Crippen LogP contribution in [0.15, 0.2) is 16.8 Å². The molecule has 0 amide bonds. The van der Waals surface area contributed by atoms with E-state index < -0.39 is 0 Å². The molecule has 0 aliphatic rings. The molecule has 0 aliphatic heterocycles. The molecule has 0 aliphatic carbocycles. The summed E-state index contributed by atoms with van der Waals surface area (Å²) in [5, 5.41) is 17.0. The Kier molecular flexibility index (Phi) is 5.15. The molecule has 14 heavy (non-hydrogen) atoms. The zero-order valence-electron chi connectivity index (χ0n) is 8.86.